The van der Waals surface area contributed by atoms with Gasteiger partial charge in [-0.1, -0.05) is 6.42 Å². The van der Waals surface area contributed by atoms with Gasteiger partial charge in [-0.05, 0) is 40.0 Å². The van der Waals surface area contributed by atoms with E-state index in [1.165, 1.54) is 11.1 Å². The number of sulfone groups is 1. The zero-order valence-electron chi connectivity index (χ0n) is 12.6. The monoisotopic (exact) mass is 316 g/mol. The molecule has 6 heteroatoms. The van der Waals surface area contributed by atoms with Crippen molar-refractivity contribution >= 4 is 21.2 Å². The first-order chi connectivity index (χ1) is 9.27. The minimum atomic E-state index is -2.91. The Hall–Kier alpha value is -0.460. The molecule has 0 spiro atoms. The third kappa shape index (κ3) is 3.80. The summed E-state index contributed by atoms with van der Waals surface area (Å²) in [4.78, 5) is 5.73. The highest BCUT2D eigenvalue weighted by Crippen LogP contribution is 2.29. The van der Waals surface area contributed by atoms with E-state index < -0.39 is 9.84 Å². The van der Waals surface area contributed by atoms with E-state index in [1.807, 2.05) is 13.8 Å². The van der Waals surface area contributed by atoms with Crippen molar-refractivity contribution in [1.82, 2.24) is 10.3 Å². The first-order valence-electron chi connectivity index (χ1n) is 7.16. The molecule has 1 fully saturated rings. The highest BCUT2D eigenvalue weighted by atomic mass is 32.2. The van der Waals surface area contributed by atoms with Crippen LogP contribution in [0.15, 0.2) is 0 Å². The van der Waals surface area contributed by atoms with E-state index >= 15 is 0 Å². The maximum Gasteiger partial charge on any atom is 0.150 e. The second-order valence-electron chi connectivity index (χ2n) is 5.89. The van der Waals surface area contributed by atoms with Gasteiger partial charge in [-0.15, -0.1) is 11.3 Å². The summed E-state index contributed by atoms with van der Waals surface area (Å²) in [5.41, 5.74) is 1.09. The van der Waals surface area contributed by atoms with Crippen molar-refractivity contribution in [3.8, 4) is 0 Å². The summed E-state index contributed by atoms with van der Waals surface area (Å²) in [6, 6.07) is 0.532. The lowest BCUT2D eigenvalue weighted by Gasteiger charge is -2.30. The molecule has 20 heavy (non-hydrogen) atoms. The van der Waals surface area contributed by atoms with Crippen molar-refractivity contribution < 1.29 is 8.42 Å². The summed E-state index contributed by atoms with van der Waals surface area (Å²) >= 11 is 1.73. The molecule has 3 atom stereocenters. The van der Waals surface area contributed by atoms with Crippen LogP contribution in [-0.4, -0.2) is 30.9 Å². The molecule has 0 aromatic carbocycles. The van der Waals surface area contributed by atoms with Crippen LogP contribution in [0.5, 0.6) is 0 Å². The Morgan fingerprint density at radius 3 is 2.60 bits per heavy atom. The fraction of sp³-hybridized carbons (Fsp3) is 0.786. The lowest BCUT2D eigenvalue weighted by Crippen LogP contribution is -2.39. The number of rotatable bonds is 4. The molecule has 2 rings (SSSR count). The lowest BCUT2D eigenvalue weighted by atomic mass is 9.94. The van der Waals surface area contributed by atoms with E-state index in [9.17, 15) is 8.42 Å². The number of nitrogens with one attached hydrogen (secondary N) is 1. The molecule has 1 aliphatic rings. The molecule has 1 heterocycles. The fourth-order valence-electron chi connectivity index (χ4n) is 3.06. The third-order valence-corrected chi connectivity index (χ3v) is 6.94. The average molecular weight is 316 g/mol. The molecule has 1 saturated carbocycles. The predicted octanol–water partition coefficient (Wildman–Crippen LogP) is 2.77. The van der Waals surface area contributed by atoms with Crippen LogP contribution in [-0.2, 0) is 9.84 Å². The highest BCUT2D eigenvalue weighted by Gasteiger charge is 2.29. The van der Waals surface area contributed by atoms with Gasteiger partial charge in [0.1, 0.15) is 9.84 Å². The molecule has 0 amide bonds. The molecule has 114 valence electrons. The zero-order valence-corrected chi connectivity index (χ0v) is 14.3. The van der Waals surface area contributed by atoms with Crippen molar-refractivity contribution in [1.29, 1.82) is 0 Å². The first kappa shape index (κ1) is 15.9. The topological polar surface area (TPSA) is 59.1 Å². The predicted molar refractivity (Wildman–Crippen MR) is 84.0 cm³/mol. The van der Waals surface area contributed by atoms with Gasteiger partial charge in [-0.2, -0.15) is 0 Å². The molecule has 1 aliphatic carbocycles. The van der Waals surface area contributed by atoms with Gasteiger partial charge in [-0.3, -0.25) is 0 Å². The van der Waals surface area contributed by atoms with Gasteiger partial charge in [0, 0.05) is 23.2 Å². The number of hydrogen-bond donors (Lipinski definition) is 1. The minimum Gasteiger partial charge on any atom is -0.307 e. The van der Waals surface area contributed by atoms with E-state index in [2.05, 4.69) is 17.2 Å². The fourth-order valence-corrected chi connectivity index (χ4v) is 5.18. The summed E-state index contributed by atoms with van der Waals surface area (Å²) in [6.07, 6.45) is 4.96. The SMILES string of the molecule is Cc1nc(C)c(C(C)NC2CCCC(S(C)(=O)=O)C2)s1. The number of nitrogens with zero attached hydrogens (tertiary/aromatic N) is 1. The first-order valence-corrected chi connectivity index (χ1v) is 9.93. The molecule has 0 aliphatic heterocycles. The van der Waals surface area contributed by atoms with Gasteiger partial charge in [-0.25, -0.2) is 13.4 Å². The Labute approximate surface area is 125 Å². The summed E-state index contributed by atoms with van der Waals surface area (Å²) in [7, 11) is -2.91. The molecule has 0 radical (unpaired) electrons. The van der Waals surface area contributed by atoms with Gasteiger partial charge in [0.15, 0.2) is 0 Å². The van der Waals surface area contributed by atoms with Crippen LogP contribution in [0, 0.1) is 13.8 Å². The molecular formula is C14H24N2O2S2. The summed E-state index contributed by atoms with van der Waals surface area (Å²) in [5.74, 6) is 0. The Kier molecular flexibility index (Phi) is 4.87. The van der Waals surface area contributed by atoms with E-state index in [-0.39, 0.29) is 11.3 Å². The van der Waals surface area contributed by atoms with Gasteiger partial charge in [0.25, 0.3) is 0 Å². The molecule has 3 unspecified atom stereocenters. The quantitative estimate of drug-likeness (QED) is 0.928. The van der Waals surface area contributed by atoms with Crippen molar-refractivity contribution in [3.63, 3.8) is 0 Å². The summed E-state index contributed by atoms with van der Waals surface area (Å²) in [5, 5.41) is 4.51. The highest BCUT2D eigenvalue weighted by molar-refractivity contribution is 7.91. The van der Waals surface area contributed by atoms with Crippen molar-refractivity contribution in [3.05, 3.63) is 15.6 Å². The Bertz CT molecular complexity index is 566. The van der Waals surface area contributed by atoms with Crippen LogP contribution in [0.25, 0.3) is 0 Å². The normalized spacial score (nSPS) is 25.6. The Morgan fingerprint density at radius 1 is 1.35 bits per heavy atom. The van der Waals surface area contributed by atoms with E-state index in [0.717, 1.165) is 36.4 Å². The molecule has 0 bridgehead atoms. The van der Waals surface area contributed by atoms with E-state index in [0.29, 0.717) is 6.04 Å². The molecule has 1 aromatic rings. The molecular weight excluding hydrogens is 292 g/mol. The van der Waals surface area contributed by atoms with Gasteiger partial charge < -0.3 is 5.32 Å². The van der Waals surface area contributed by atoms with Crippen LogP contribution < -0.4 is 5.32 Å². The maximum absolute atomic E-state index is 11.7. The van der Waals surface area contributed by atoms with Crippen LogP contribution >= 0.6 is 11.3 Å². The molecule has 1 N–H and O–H groups in total. The average Bonchev–Trinajstić information content (AvgIpc) is 2.68. The van der Waals surface area contributed by atoms with Crippen LogP contribution in [0.1, 0.15) is 54.2 Å². The van der Waals surface area contributed by atoms with Gasteiger partial charge in [0.05, 0.1) is 16.0 Å². The summed E-state index contributed by atoms with van der Waals surface area (Å²) < 4.78 is 23.4. The van der Waals surface area contributed by atoms with E-state index in [1.54, 1.807) is 11.3 Å². The Morgan fingerprint density at radius 2 is 2.05 bits per heavy atom. The van der Waals surface area contributed by atoms with Crippen molar-refractivity contribution in [2.45, 2.75) is 63.8 Å². The maximum atomic E-state index is 11.7. The van der Waals surface area contributed by atoms with Gasteiger partial charge in [0.2, 0.25) is 0 Å². The molecule has 1 aromatic heterocycles. The molecule has 4 nitrogen and oxygen atoms in total. The standard InChI is InChI=1S/C14H24N2O2S2/c1-9-14(19-11(3)15-9)10(2)16-12-6-5-7-13(8-12)20(4,17)18/h10,12-13,16H,5-8H2,1-4H3. The number of thiazole rings is 1. The lowest BCUT2D eigenvalue weighted by molar-refractivity contribution is 0.347. The van der Waals surface area contributed by atoms with Crippen molar-refractivity contribution in [2.24, 2.45) is 0 Å². The van der Waals surface area contributed by atoms with Crippen molar-refractivity contribution in [2.75, 3.05) is 6.26 Å². The van der Waals surface area contributed by atoms with Gasteiger partial charge >= 0.3 is 0 Å². The number of aromatic nitrogens is 1. The molecule has 0 saturated heterocycles. The van der Waals surface area contributed by atoms with E-state index in [4.69, 9.17) is 0 Å². The second kappa shape index (κ2) is 6.12. The van der Waals surface area contributed by atoms with Crippen LogP contribution in [0.2, 0.25) is 0 Å². The summed E-state index contributed by atoms with van der Waals surface area (Å²) in [6.45, 7) is 6.20. The Balaban J connectivity index is 2.01. The van der Waals surface area contributed by atoms with Crippen LogP contribution in [0.3, 0.4) is 0 Å². The third-order valence-electron chi connectivity index (χ3n) is 4.05. The minimum absolute atomic E-state index is 0.176. The van der Waals surface area contributed by atoms with Crippen LogP contribution in [0.4, 0.5) is 0 Å². The number of aryl methyl sites for hydroxylation is 2. The smallest absolute Gasteiger partial charge is 0.150 e. The second-order valence-corrected chi connectivity index (χ2v) is 9.45. The number of hydrogen-bond acceptors (Lipinski definition) is 5. The zero-order chi connectivity index (χ0) is 14.9. The largest absolute Gasteiger partial charge is 0.307 e.